The second-order valence-corrected chi connectivity index (χ2v) is 13.3. The Hall–Kier alpha value is -6.17. The highest BCUT2D eigenvalue weighted by molar-refractivity contribution is 7.22. The van der Waals surface area contributed by atoms with Crippen LogP contribution in [0.5, 0.6) is 0 Å². The molecule has 0 N–H and O–H groups in total. The zero-order valence-corrected chi connectivity index (χ0v) is 26.4. The van der Waals surface area contributed by atoms with E-state index >= 15 is 0 Å². The van der Waals surface area contributed by atoms with Crippen LogP contribution in [0.3, 0.4) is 0 Å². The standard InChI is InChI=1S/C43H25N3OS/c1-3-13-26(14-4-1)31-25-37-40(30-19-9-12-22-36(30)47-37)42-41(31)44-43(48-42)46-33-21-11-8-18-29(33)39-35(46)24-23-34-38(39)28-17-7-10-20-32(28)45(34)27-15-5-2-6-16-27/h1-25H. The van der Waals surface area contributed by atoms with Gasteiger partial charge in [-0.1, -0.05) is 114 Å². The van der Waals surface area contributed by atoms with Crippen molar-refractivity contribution in [1.29, 1.82) is 0 Å². The van der Waals surface area contributed by atoms with Crippen LogP contribution in [0.1, 0.15) is 0 Å². The fourth-order valence-electron chi connectivity index (χ4n) is 7.77. The molecule has 5 heteroatoms. The average molecular weight is 632 g/mol. The Morgan fingerprint density at radius 3 is 1.79 bits per heavy atom. The van der Waals surface area contributed by atoms with Gasteiger partial charge >= 0.3 is 0 Å². The van der Waals surface area contributed by atoms with E-state index in [2.05, 4.69) is 155 Å². The number of hydrogen-bond acceptors (Lipinski definition) is 3. The maximum absolute atomic E-state index is 6.46. The molecule has 11 rings (SSSR count). The number of benzene rings is 7. The van der Waals surface area contributed by atoms with Gasteiger partial charge in [0.15, 0.2) is 5.13 Å². The van der Waals surface area contributed by atoms with Crippen LogP contribution in [-0.4, -0.2) is 14.1 Å². The van der Waals surface area contributed by atoms with E-state index in [-0.39, 0.29) is 0 Å². The highest BCUT2D eigenvalue weighted by Gasteiger charge is 2.24. The van der Waals surface area contributed by atoms with Crippen molar-refractivity contribution >= 4 is 87.1 Å². The van der Waals surface area contributed by atoms with Gasteiger partial charge in [-0.25, -0.2) is 4.98 Å². The molecular weight excluding hydrogens is 607 g/mol. The lowest BCUT2D eigenvalue weighted by molar-refractivity contribution is 0.669. The van der Waals surface area contributed by atoms with Gasteiger partial charge < -0.3 is 8.98 Å². The smallest absolute Gasteiger partial charge is 0.195 e. The molecule has 0 aliphatic heterocycles. The SMILES string of the molecule is c1ccc(-c2cc3oc4ccccc4c3c3sc(-n4c5ccccc5c5c6c7ccccc7n(-c7ccccc7)c6ccc54)nc23)cc1. The first-order valence-corrected chi connectivity index (χ1v) is 17.0. The molecule has 11 aromatic rings. The zero-order chi connectivity index (χ0) is 31.3. The highest BCUT2D eigenvalue weighted by Crippen LogP contribution is 2.46. The third kappa shape index (κ3) is 3.46. The summed E-state index contributed by atoms with van der Waals surface area (Å²) in [6.45, 7) is 0. The van der Waals surface area contributed by atoms with Crippen LogP contribution in [0.15, 0.2) is 156 Å². The molecule has 0 unspecified atom stereocenters. The molecule has 0 saturated heterocycles. The first-order chi connectivity index (χ1) is 23.8. The van der Waals surface area contributed by atoms with Gasteiger partial charge in [-0.15, -0.1) is 0 Å². The second-order valence-electron chi connectivity index (χ2n) is 12.3. The molecule has 4 nitrogen and oxygen atoms in total. The number of para-hydroxylation sites is 4. The fourth-order valence-corrected chi connectivity index (χ4v) is 8.95. The molecular formula is C43H25N3OS. The number of rotatable bonds is 3. The van der Waals surface area contributed by atoms with Crippen molar-refractivity contribution in [2.24, 2.45) is 0 Å². The topological polar surface area (TPSA) is 35.9 Å². The van der Waals surface area contributed by atoms with Gasteiger partial charge in [0.05, 0.1) is 32.3 Å². The summed E-state index contributed by atoms with van der Waals surface area (Å²) in [5, 5.41) is 8.15. The third-order valence-electron chi connectivity index (χ3n) is 9.76. The molecule has 48 heavy (non-hydrogen) atoms. The van der Waals surface area contributed by atoms with Gasteiger partial charge in [-0.2, -0.15) is 0 Å². The van der Waals surface area contributed by atoms with Crippen LogP contribution in [0.4, 0.5) is 0 Å². The Morgan fingerprint density at radius 1 is 0.479 bits per heavy atom. The normalized spacial score (nSPS) is 12.2. The van der Waals surface area contributed by atoms with E-state index in [1.165, 1.54) is 32.6 Å². The molecule has 4 aromatic heterocycles. The Balaban J connectivity index is 1.29. The van der Waals surface area contributed by atoms with Crippen LogP contribution >= 0.6 is 11.3 Å². The van der Waals surface area contributed by atoms with Gasteiger partial charge in [0.1, 0.15) is 11.2 Å². The molecule has 0 bridgehead atoms. The summed E-state index contributed by atoms with van der Waals surface area (Å²) < 4.78 is 12.4. The lowest BCUT2D eigenvalue weighted by Crippen LogP contribution is -1.94. The number of fused-ring (bicyclic) bond motifs is 12. The maximum Gasteiger partial charge on any atom is 0.195 e. The predicted molar refractivity (Wildman–Crippen MR) is 201 cm³/mol. The summed E-state index contributed by atoms with van der Waals surface area (Å²) in [6.07, 6.45) is 0. The molecule has 0 amide bonds. The van der Waals surface area contributed by atoms with Crippen molar-refractivity contribution in [3.8, 4) is 21.9 Å². The molecule has 0 aliphatic rings. The Bertz CT molecular complexity index is 3050. The number of hydrogen-bond donors (Lipinski definition) is 0. The van der Waals surface area contributed by atoms with E-state index in [4.69, 9.17) is 9.40 Å². The van der Waals surface area contributed by atoms with Gasteiger partial charge in [0.2, 0.25) is 0 Å². The fraction of sp³-hybridized carbons (Fsp3) is 0. The summed E-state index contributed by atoms with van der Waals surface area (Å²) >= 11 is 1.74. The molecule has 4 heterocycles. The number of thiazole rings is 1. The highest BCUT2D eigenvalue weighted by atomic mass is 32.1. The summed E-state index contributed by atoms with van der Waals surface area (Å²) in [7, 11) is 0. The minimum atomic E-state index is 0.885. The molecule has 0 radical (unpaired) electrons. The predicted octanol–water partition coefficient (Wildman–Crippen LogP) is 12.1. The summed E-state index contributed by atoms with van der Waals surface area (Å²) in [4.78, 5) is 5.50. The van der Waals surface area contributed by atoms with Crippen molar-refractivity contribution < 1.29 is 4.42 Å². The van der Waals surface area contributed by atoms with E-state index in [9.17, 15) is 0 Å². The van der Waals surface area contributed by atoms with E-state index in [0.717, 1.165) is 65.1 Å². The molecule has 0 atom stereocenters. The minimum absolute atomic E-state index is 0.885. The van der Waals surface area contributed by atoms with Crippen LogP contribution in [-0.2, 0) is 0 Å². The summed E-state index contributed by atoms with van der Waals surface area (Å²) in [5.74, 6) is 0. The molecule has 7 aromatic carbocycles. The number of nitrogens with zero attached hydrogens (tertiary/aromatic N) is 3. The zero-order valence-electron chi connectivity index (χ0n) is 25.6. The lowest BCUT2D eigenvalue weighted by Gasteiger charge is -2.08. The minimum Gasteiger partial charge on any atom is -0.456 e. The van der Waals surface area contributed by atoms with Crippen molar-refractivity contribution in [2.45, 2.75) is 0 Å². The van der Waals surface area contributed by atoms with E-state index in [0.29, 0.717) is 0 Å². The van der Waals surface area contributed by atoms with Crippen LogP contribution in [0.2, 0.25) is 0 Å². The number of aromatic nitrogens is 3. The van der Waals surface area contributed by atoms with Crippen LogP contribution < -0.4 is 0 Å². The van der Waals surface area contributed by atoms with Gasteiger partial charge in [-0.05, 0) is 54.1 Å². The molecule has 0 fully saturated rings. The van der Waals surface area contributed by atoms with Crippen molar-refractivity contribution in [2.75, 3.05) is 0 Å². The van der Waals surface area contributed by atoms with Crippen LogP contribution in [0.25, 0.3) is 97.7 Å². The van der Waals surface area contributed by atoms with E-state index in [1.807, 2.05) is 6.07 Å². The Morgan fingerprint density at radius 2 is 1.06 bits per heavy atom. The monoisotopic (exact) mass is 631 g/mol. The first kappa shape index (κ1) is 26.0. The summed E-state index contributed by atoms with van der Waals surface area (Å²) in [5.41, 5.74) is 10.8. The first-order valence-electron chi connectivity index (χ1n) is 16.1. The van der Waals surface area contributed by atoms with Gasteiger partial charge in [-0.3, -0.25) is 4.57 Å². The largest absolute Gasteiger partial charge is 0.456 e. The molecule has 0 aliphatic carbocycles. The Labute approximate surface area is 278 Å². The second kappa shape index (κ2) is 9.67. The quantitative estimate of drug-likeness (QED) is 0.194. The average Bonchev–Trinajstić information content (AvgIpc) is 3.90. The van der Waals surface area contributed by atoms with E-state index in [1.54, 1.807) is 11.3 Å². The molecule has 224 valence electrons. The lowest BCUT2D eigenvalue weighted by atomic mass is 10.0. The third-order valence-corrected chi connectivity index (χ3v) is 10.8. The van der Waals surface area contributed by atoms with Crippen LogP contribution in [0, 0.1) is 0 Å². The number of furan rings is 1. The van der Waals surface area contributed by atoms with Crippen molar-refractivity contribution in [3.05, 3.63) is 152 Å². The molecule has 0 saturated carbocycles. The molecule has 0 spiro atoms. The van der Waals surface area contributed by atoms with E-state index < -0.39 is 0 Å². The Kier molecular flexibility index (Phi) is 5.23. The van der Waals surface area contributed by atoms with Gasteiger partial charge in [0, 0.05) is 43.6 Å². The maximum atomic E-state index is 6.46. The van der Waals surface area contributed by atoms with Crippen molar-refractivity contribution in [3.63, 3.8) is 0 Å². The van der Waals surface area contributed by atoms with Gasteiger partial charge in [0.25, 0.3) is 0 Å². The van der Waals surface area contributed by atoms with Crippen molar-refractivity contribution in [1.82, 2.24) is 14.1 Å². The summed E-state index contributed by atoms with van der Waals surface area (Å²) in [6, 6.07) is 53.8.